The molecule has 14 rings (SSSR count). The molecule has 0 unspecified atom stereocenters. The first kappa shape index (κ1) is 35.9. The molecular formula is C56H32N4O4Si. The largest absolute Gasteiger partial charge is 0.454 e. The summed E-state index contributed by atoms with van der Waals surface area (Å²) in [6, 6.07) is 58.0. The summed E-state index contributed by atoms with van der Waals surface area (Å²) in [5, 5.41) is 11.6. The van der Waals surface area contributed by atoms with Crippen molar-refractivity contribution in [1.82, 2.24) is 19.9 Å². The zero-order chi connectivity index (χ0) is 42.6. The Hall–Kier alpha value is -8.66. The van der Waals surface area contributed by atoms with Crippen molar-refractivity contribution in [2.24, 2.45) is 0 Å². The summed E-state index contributed by atoms with van der Waals surface area (Å²) in [7, 11) is -3.56. The molecule has 8 nitrogen and oxygen atoms in total. The molecule has 0 radical (unpaired) electrons. The van der Waals surface area contributed by atoms with E-state index in [9.17, 15) is 0 Å². The van der Waals surface area contributed by atoms with Crippen molar-refractivity contribution < 1.29 is 17.7 Å². The number of pyridine rings is 4. The van der Waals surface area contributed by atoms with Crippen molar-refractivity contribution in [2.75, 3.05) is 0 Å². The van der Waals surface area contributed by atoms with Gasteiger partial charge in [-0.15, -0.1) is 0 Å². The summed E-state index contributed by atoms with van der Waals surface area (Å²) in [6.45, 7) is 0. The zero-order valence-electron chi connectivity index (χ0n) is 34.4. The molecule has 0 spiro atoms. The van der Waals surface area contributed by atoms with Crippen molar-refractivity contribution in [1.29, 1.82) is 0 Å². The molecule has 65 heavy (non-hydrogen) atoms. The Morgan fingerprint density at radius 1 is 0.277 bits per heavy atom. The van der Waals surface area contributed by atoms with Crippen molar-refractivity contribution in [3.63, 3.8) is 0 Å². The lowest BCUT2D eigenvalue weighted by Crippen LogP contribution is -2.76. The van der Waals surface area contributed by atoms with Crippen LogP contribution in [0.1, 0.15) is 0 Å². The fraction of sp³-hybridized carbons (Fsp3) is 0. The maximum absolute atomic E-state index is 7.29. The van der Waals surface area contributed by atoms with Gasteiger partial charge in [-0.1, -0.05) is 121 Å². The third kappa shape index (κ3) is 5.01. The van der Waals surface area contributed by atoms with Crippen molar-refractivity contribution in [3.8, 4) is 22.5 Å². The molecule has 14 aromatic rings. The lowest BCUT2D eigenvalue weighted by atomic mass is 10.0. The van der Waals surface area contributed by atoms with Crippen LogP contribution in [0, 0.1) is 0 Å². The molecule has 8 heterocycles. The Kier molecular flexibility index (Phi) is 7.54. The summed E-state index contributed by atoms with van der Waals surface area (Å²) in [6.07, 6.45) is 7.49. The fourth-order valence-corrected chi connectivity index (χ4v) is 14.9. The van der Waals surface area contributed by atoms with Crippen LogP contribution in [0.15, 0.2) is 212 Å². The summed E-state index contributed by atoms with van der Waals surface area (Å²) >= 11 is 0. The first-order valence-corrected chi connectivity index (χ1v) is 23.5. The van der Waals surface area contributed by atoms with Crippen LogP contribution in [-0.2, 0) is 0 Å². The van der Waals surface area contributed by atoms with Crippen LogP contribution in [0.5, 0.6) is 0 Å². The maximum atomic E-state index is 7.29. The van der Waals surface area contributed by atoms with Crippen molar-refractivity contribution in [2.45, 2.75) is 0 Å². The quantitative estimate of drug-likeness (QED) is 0.152. The zero-order valence-corrected chi connectivity index (χ0v) is 35.4. The van der Waals surface area contributed by atoms with E-state index in [1.807, 2.05) is 97.6 Å². The molecule has 0 aliphatic rings. The van der Waals surface area contributed by atoms with Crippen LogP contribution in [0.25, 0.3) is 110 Å². The second-order valence-corrected chi connectivity index (χ2v) is 20.0. The van der Waals surface area contributed by atoms with E-state index in [4.69, 9.17) is 37.6 Å². The minimum Gasteiger partial charge on any atom is -0.454 e. The van der Waals surface area contributed by atoms with Gasteiger partial charge in [0.1, 0.15) is 33.7 Å². The Labute approximate surface area is 370 Å². The predicted octanol–water partition coefficient (Wildman–Crippen LogP) is 11.6. The van der Waals surface area contributed by atoms with Gasteiger partial charge in [0, 0.05) is 79.0 Å². The smallest absolute Gasteiger partial charge is 0.233 e. The van der Waals surface area contributed by atoms with E-state index < -0.39 is 8.07 Å². The number of furan rings is 4. The molecule has 0 saturated carbocycles. The molecular weight excluding hydrogens is 821 g/mol. The Morgan fingerprint density at radius 2 is 0.646 bits per heavy atom. The first-order valence-electron chi connectivity index (χ1n) is 21.5. The monoisotopic (exact) mass is 852 g/mol. The number of nitrogens with zero attached hydrogens (tertiary/aromatic N) is 4. The predicted molar refractivity (Wildman–Crippen MR) is 261 cm³/mol. The third-order valence-electron chi connectivity index (χ3n) is 13.0. The van der Waals surface area contributed by atoms with Gasteiger partial charge in [0.05, 0.1) is 10.6 Å². The van der Waals surface area contributed by atoms with Gasteiger partial charge in [0.25, 0.3) is 0 Å². The highest BCUT2D eigenvalue weighted by molar-refractivity contribution is 7.20. The summed E-state index contributed by atoms with van der Waals surface area (Å²) in [5.41, 5.74) is 8.90. The standard InChI is InChI=1S/C56H32N4O4Si/c1-3-13-33(14-4-1)65(34-15-5-2-6-16-34,55-53-41(27-31-59-55)37-19-11-21-43(49(37)63-53)47-51-39(25-29-57-47)35-17-7-9-23-45(35)61-51)56-54-42(28-32-60-56)38-20-12-22-44(50(38)64-54)48-52-40(26-30-58-48)36-18-8-10-24-46(36)62-52/h1-32H. The highest BCUT2D eigenvalue weighted by atomic mass is 28.3. The van der Waals surface area contributed by atoms with E-state index in [0.29, 0.717) is 44.9 Å². The summed E-state index contributed by atoms with van der Waals surface area (Å²) in [5.74, 6) is 0. The number of hydrogen-bond acceptors (Lipinski definition) is 8. The number of para-hydroxylation sites is 4. The molecule has 9 heteroatoms. The molecule has 0 fully saturated rings. The maximum Gasteiger partial charge on any atom is 0.233 e. The van der Waals surface area contributed by atoms with Gasteiger partial charge >= 0.3 is 0 Å². The number of hydrogen-bond donors (Lipinski definition) is 0. The molecule has 304 valence electrons. The van der Waals surface area contributed by atoms with Gasteiger partial charge in [-0.2, -0.15) is 0 Å². The van der Waals surface area contributed by atoms with E-state index in [1.165, 1.54) is 0 Å². The van der Waals surface area contributed by atoms with Crippen molar-refractivity contribution >= 4 is 117 Å². The van der Waals surface area contributed by atoms with Gasteiger partial charge < -0.3 is 17.7 Å². The van der Waals surface area contributed by atoms with E-state index in [0.717, 1.165) is 86.4 Å². The molecule has 0 saturated heterocycles. The second-order valence-electron chi connectivity index (χ2n) is 16.4. The highest BCUT2D eigenvalue weighted by Crippen LogP contribution is 2.42. The van der Waals surface area contributed by atoms with Gasteiger partial charge in [0.15, 0.2) is 22.3 Å². The Bertz CT molecular complexity index is 3940. The van der Waals surface area contributed by atoms with E-state index in [-0.39, 0.29) is 0 Å². The molecule has 0 bridgehead atoms. The molecule has 8 aromatic heterocycles. The molecule has 0 aliphatic heterocycles. The van der Waals surface area contributed by atoms with E-state index in [1.54, 1.807) is 0 Å². The highest BCUT2D eigenvalue weighted by Gasteiger charge is 2.49. The Morgan fingerprint density at radius 3 is 1.11 bits per heavy atom. The second kappa shape index (κ2) is 13.7. The van der Waals surface area contributed by atoms with Gasteiger partial charge in [-0.25, -0.2) is 0 Å². The molecule has 0 amide bonds. The molecule has 0 atom stereocenters. The first-order chi connectivity index (χ1) is 32.3. The molecule has 0 aliphatic carbocycles. The van der Waals surface area contributed by atoms with Crippen LogP contribution in [0.2, 0.25) is 0 Å². The van der Waals surface area contributed by atoms with Crippen molar-refractivity contribution in [3.05, 3.63) is 195 Å². The number of aromatic nitrogens is 4. The number of fused-ring (bicyclic) bond motifs is 12. The SMILES string of the molecule is c1ccc([Si](c2ccccc2)(c2nccc3c2oc2c(-c4nccc5c4oc4ccccc45)cccc23)c2nccc3c2oc2c(-c4nccc5c4oc4ccccc45)cccc23)cc1. The van der Waals surface area contributed by atoms with E-state index in [2.05, 4.69) is 97.1 Å². The normalized spacial score (nSPS) is 12.3. The third-order valence-corrected chi connectivity index (χ3v) is 17.6. The van der Waals surface area contributed by atoms with Crippen LogP contribution in [0.4, 0.5) is 0 Å². The average molecular weight is 853 g/mol. The van der Waals surface area contributed by atoms with Crippen LogP contribution < -0.4 is 21.0 Å². The lowest BCUT2D eigenvalue weighted by molar-refractivity contribution is 0.663. The van der Waals surface area contributed by atoms with Gasteiger partial charge in [-0.3, -0.25) is 19.9 Å². The van der Waals surface area contributed by atoms with Gasteiger partial charge in [-0.05, 0) is 58.9 Å². The Balaban J connectivity index is 1.07. The fourth-order valence-electron chi connectivity index (χ4n) is 10.2. The molecule has 6 aromatic carbocycles. The average Bonchev–Trinajstić information content (AvgIpc) is 4.16. The van der Waals surface area contributed by atoms with E-state index >= 15 is 0 Å². The molecule has 0 N–H and O–H groups in total. The minimum absolute atomic E-state index is 0.683. The lowest BCUT2D eigenvalue weighted by Gasteiger charge is -2.31. The summed E-state index contributed by atoms with van der Waals surface area (Å²) < 4.78 is 27.6. The topological polar surface area (TPSA) is 104 Å². The minimum atomic E-state index is -3.56. The number of rotatable bonds is 6. The van der Waals surface area contributed by atoms with Crippen LogP contribution in [-0.4, -0.2) is 28.0 Å². The van der Waals surface area contributed by atoms with Crippen LogP contribution >= 0.6 is 0 Å². The number of benzene rings is 6. The summed E-state index contributed by atoms with van der Waals surface area (Å²) in [4.78, 5) is 20.6. The van der Waals surface area contributed by atoms with Gasteiger partial charge in [0.2, 0.25) is 8.07 Å². The van der Waals surface area contributed by atoms with Crippen LogP contribution in [0.3, 0.4) is 0 Å².